The van der Waals surface area contributed by atoms with Gasteiger partial charge in [-0.05, 0) is 23.5 Å². The Bertz CT molecular complexity index is 498. The van der Waals surface area contributed by atoms with Gasteiger partial charge in [0.25, 0.3) is 0 Å². The van der Waals surface area contributed by atoms with Crippen molar-refractivity contribution in [3.8, 4) is 0 Å². The molecule has 0 spiro atoms. The summed E-state index contributed by atoms with van der Waals surface area (Å²) in [6.07, 6.45) is 1.22. The van der Waals surface area contributed by atoms with E-state index in [9.17, 15) is 4.79 Å². The van der Waals surface area contributed by atoms with Gasteiger partial charge < -0.3 is 4.74 Å². The molecule has 1 aliphatic heterocycles. The maximum atomic E-state index is 11.8. The smallest absolute Gasteiger partial charge is 0.307 e. The van der Waals surface area contributed by atoms with E-state index in [1.807, 2.05) is 48.5 Å². The van der Waals surface area contributed by atoms with Crippen LogP contribution in [0.5, 0.6) is 0 Å². The lowest BCUT2D eigenvalue weighted by atomic mass is 9.86. The van der Waals surface area contributed by atoms with Crippen molar-refractivity contribution in [1.82, 2.24) is 0 Å². The van der Waals surface area contributed by atoms with E-state index in [4.69, 9.17) is 4.74 Å². The number of esters is 1. The zero-order valence-corrected chi connectivity index (χ0v) is 10.7. The number of ether oxygens (including phenoxy) is 1. The van der Waals surface area contributed by atoms with Crippen LogP contribution in [0.15, 0.2) is 60.7 Å². The quantitative estimate of drug-likeness (QED) is 0.759. The van der Waals surface area contributed by atoms with Crippen LogP contribution in [0, 0.1) is 0 Å². The summed E-state index contributed by atoms with van der Waals surface area (Å²) in [4.78, 5) is 11.8. The van der Waals surface area contributed by atoms with Crippen molar-refractivity contribution in [3.63, 3.8) is 0 Å². The second-order valence-corrected chi connectivity index (χ2v) is 4.94. The fourth-order valence-corrected chi connectivity index (χ4v) is 2.65. The van der Waals surface area contributed by atoms with E-state index in [1.54, 1.807) is 0 Å². The zero-order chi connectivity index (χ0) is 13.1. The molecular weight excluding hydrogens is 236 g/mol. The van der Waals surface area contributed by atoms with Crippen LogP contribution in [-0.4, -0.2) is 5.97 Å². The number of hydrogen-bond acceptors (Lipinski definition) is 2. The van der Waals surface area contributed by atoms with Gasteiger partial charge in [0, 0.05) is 0 Å². The third-order valence-corrected chi connectivity index (χ3v) is 3.63. The van der Waals surface area contributed by atoms with Crippen molar-refractivity contribution in [2.24, 2.45) is 0 Å². The highest BCUT2D eigenvalue weighted by Gasteiger charge is 2.30. The van der Waals surface area contributed by atoms with E-state index in [2.05, 4.69) is 12.1 Å². The summed E-state index contributed by atoms with van der Waals surface area (Å²) < 4.78 is 5.49. The summed E-state index contributed by atoms with van der Waals surface area (Å²) in [5.74, 6) is 0.154. The molecule has 0 bridgehead atoms. The molecular formula is C17H16O2. The Hall–Kier alpha value is -2.09. The van der Waals surface area contributed by atoms with Crippen LogP contribution in [0.4, 0.5) is 0 Å². The minimum atomic E-state index is -0.118. The maximum absolute atomic E-state index is 11.8. The average molecular weight is 252 g/mol. The van der Waals surface area contributed by atoms with Crippen molar-refractivity contribution in [2.75, 3.05) is 0 Å². The molecule has 0 aliphatic carbocycles. The molecule has 0 amide bonds. The molecule has 2 nitrogen and oxygen atoms in total. The first-order valence-corrected chi connectivity index (χ1v) is 6.62. The Morgan fingerprint density at radius 3 is 2.05 bits per heavy atom. The predicted molar refractivity (Wildman–Crippen MR) is 73.7 cm³/mol. The number of rotatable bonds is 2. The maximum Gasteiger partial charge on any atom is 0.307 e. The normalized spacial score (nSPS) is 22.8. The van der Waals surface area contributed by atoms with Crippen molar-refractivity contribution in [3.05, 3.63) is 71.8 Å². The van der Waals surface area contributed by atoms with Gasteiger partial charge in [-0.25, -0.2) is 0 Å². The van der Waals surface area contributed by atoms with Gasteiger partial charge in [-0.2, -0.15) is 0 Å². The Labute approximate surface area is 113 Å². The van der Waals surface area contributed by atoms with Gasteiger partial charge in [0.1, 0.15) is 6.10 Å². The number of benzene rings is 2. The fraction of sp³-hybridized carbons (Fsp3) is 0.235. The van der Waals surface area contributed by atoms with Crippen LogP contribution >= 0.6 is 0 Å². The highest BCUT2D eigenvalue weighted by molar-refractivity contribution is 5.72. The van der Waals surface area contributed by atoms with Gasteiger partial charge in [-0.1, -0.05) is 60.7 Å². The summed E-state index contributed by atoms with van der Waals surface area (Å²) in [6, 6.07) is 20.2. The minimum Gasteiger partial charge on any atom is -0.457 e. The lowest BCUT2D eigenvalue weighted by Crippen LogP contribution is -2.23. The third-order valence-electron chi connectivity index (χ3n) is 3.63. The molecule has 1 saturated heterocycles. The number of carbonyl (C=O) groups excluding carboxylic acids is 1. The Balaban J connectivity index is 1.84. The van der Waals surface area contributed by atoms with Crippen LogP contribution < -0.4 is 0 Å². The molecule has 2 aromatic carbocycles. The number of hydrogen-bond donors (Lipinski definition) is 0. The molecule has 0 saturated carbocycles. The molecule has 0 radical (unpaired) electrons. The summed E-state index contributed by atoms with van der Waals surface area (Å²) in [6.45, 7) is 0. The van der Waals surface area contributed by atoms with E-state index in [1.165, 1.54) is 5.56 Å². The molecule has 2 heteroatoms. The summed E-state index contributed by atoms with van der Waals surface area (Å²) in [7, 11) is 0. The van der Waals surface area contributed by atoms with Crippen LogP contribution in [0.2, 0.25) is 0 Å². The second kappa shape index (κ2) is 5.27. The topological polar surface area (TPSA) is 26.3 Å². The summed E-state index contributed by atoms with van der Waals surface area (Å²) in [5.41, 5.74) is 2.30. The van der Waals surface area contributed by atoms with Crippen molar-refractivity contribution in [2.45, 2.75) is 24.9 Å². The third kappa shape index (κ3) is 2.68. The summed E-state index contributed by atoms with van der Waals surface area (Å²) >= 11 is 0. The van der Waals surface area contributed by atoms with Gasteiger partial charge >= 0.3 is 5.97 Å². The molecule has 1 aliphatic rings. The Morgan fingerprint density at radius 2 is 1.42 bits per heavy atom. The van der Waals surface area contributed by atoms with E-state index in [0.717, 1.165) is 12.0 Å². The van der Waals surface area contributed by atoms with Crippen LogP contribution in [0.1, 0.15) is 36.0 Å². The highest BCUT2D eigenvalue weighted by Crippen LogP contribution is 2.37. The molecule has 1 fully saturated rings. The molecule has 0 N–H and O–H groups in total. The molecule has 19 heavy (non-hydrogen) atoms. The molecule has 3 rings (SSSR count). The highest BCUT2D eigenvalue weighted by atomic mass is 16.5. The molecule has 2 aromatic rings. The van der Waals surface area contributed by atoms with Crippen LogP contribution in [0.3, 0.4) is 0 Å². The lowest BCUT2D eigenvalue weighted by Gasteiger charge is -2.29. The van der Waals surface area contributed by atoms with Crippen LogP contribution in [0.25, 0.3) is 0 Å². The van der Waals surface area contributed by atoms with Crippen molar-refractivity contribution >= 4 is 5.97 Å². The van der Waals surface area contributed by atoms with Crippen molar-refractivity contribution < 1.29 is 9.53 Å². The zero-order valence-electron chi connectivity index (χ0n) is 10.7. The Morgan fingerprint density at radius 1 is 0.842 bits per heavy atom. The monoisotopic (exact) mass is 252 g/mol. The van der Waals surface area contributed by atoms with Gasteiger partial charge in [0.2, 0.25) is 0 Å². The number of carbonyl (C=O) groups is 1. The lowest BCUT2D eigenvalue weighted by molar-refractivity contribution is -0.155. The van der Waals surface area contributed by atoms with Gasteiger partial charge in [0.05, 0.1) is 6.42 Å². The van der Waals surface area contributed by atoms with Gasteiger partial charge in [-0.3, -0.25) is 4.79 Å². The van der Waals surface area contributed by atoms with E-state index >= 15 is 0 Å². The predicted octanol–water partition coefficient (Wildman–Crippen LogP) is 3.85. The largest absolute Gasteiger partial charge is 0.457 e. The van der Waals surface area contributed by atoms with Crippen LogP contribution in [-0.2, 0) is 9.53 Å². The molecule has 1 heterocycles. The first-order chi connectivity index (χ1) is 9.33. The van der Waals surface area contributed by atoms with Gasteiger partial charge in [0.15, 0.2) is 0 Å². The Kier molecular flexibility index (Phi) is 3.32. The second-order valence-electron chi connectivity index (χ2n) is 4.94. The van der Waals surface area contributed by atoms with E-state index in [-0.39, 0.29) is 18.0 Å². The average Bonchev–Trinajstić information content (AvgIpc) is 2.48. The first-order valence-electron chi connectivity index (χ1n) is 6.62. The minimum absolute atomic E-state index is 0.103. The summed E-state index contributed by atoms with van der Waals surface area (Å²) in [5, 5.41) is 0. The van der Waals surface area contributed by atoms with E-state index in [0.29, 0.717) is 6.42 Å². The molecule has 0 unspecified atom stereocenters. The SMILES string of the molecule is O=C1C[C@@H](c2ccccc2)C[C@H](c2ccccc2)O1. The fourth-order valence-electron chi connectivity index (χ4n) is 2.65. The molecule has 2 atom stereocenters. The van der Waals surface area contributed by atoms with Gasteiger partial charge in [-0.15, -0.1) is 0 Å². The van der Waals surface area contributed by atoms with E-state index < -0.39 is 0 Å². The molecule has 96 valence electrons. The first kappa shape index (κ1) is 12.0. The van der Waals surface area contributed by atoms with Crippen molar-refractivity contribution in [1.29, 1.82) is 0 Å². The molecule has 0 aromatic heterocycles. The number of cyclic esters (lactones) is 1. The standard InChI is InChI=1S/C17H16O2/c18-17-12-15(13-7-3-1-4-8-13)11-16(19-17)14-9-5-2-6-10-14/h1-10,15-16H,11-12H2/t15-,16+/m0/s1.